The van der Waals surface area contributed by atoms with Crippen molar-refractivity contribution in [2.24, 2.45) is 5.16 Å². The normalized spacial score (nSPS) is 22.4. The maximum absolute atomic E-state index is 8.92. The van der Waals surface area contributed by atoms with E-state index in [0.29, 0.717) is 0 Å². The molecule has 2 saturated heterocycles. The molecule has 162 valence electrons. The molecular weight excluding hydrogens is 364 g/mol. The summed E-state index contributed by atoms with van der Waals surface area (Å²) in [4.78, 5) is 2.46. The molecule has 0 amide bonds. The van der Waals surface area contributed by atoms with E-state index in [0.717, 1.165) is 70.5 Å². The van der Waals surface area contributed by atoms with Crippen LogP contribution in [0.15, 0.2) is 29.4 Å². The van der Waals surface area contributed by atoms with Crippen molar-refractivity contribution in [2.75, 3.05) is 26.2 Å². The number of benzene rings is 1. The van der Waals surface area contributed by atoms with E-state index in [9.17, 15) is 0 Å². The van der Waals surface area contributed by atoms with Gasteiger partial charge < -0.3 is 19.6 Å². The van der Waals surface area contributed by atoms with E-state index in [1.807, 2.05) is 0 Å². The highest BCUT2D eigenvalue weighted by Gasteiger charge is 2.23. The van der Waals surface area contributed by atoms with Crippen molar-refractivity contribution in [3.05, 3.63) is 35.4 Å². The van der Waals surface area contributed by atoms with Crippen molar-refractivity contribution < 1.29 is 14.7 Å². The van der Waals surface area contributed by atoms with Crippen LogP contribution >= 0.6 is 0 Å². The van der Waals surface area contributed by atoms with Crippen LogP contribution in [0.1, 0.15) is 82.9 Å². The van der Waals surface area contributed by atoms with Crippen LogP contribution in [0.25, 0.3) is 0 Å². The fourth-order valence-corrected chi connectivity index (χ4v) is 4.15. The quantitative estimate of drug-likeness (QED) is 0.498. The van der Waals surface area contributed by atoms with Gasteiger partial charge in [0.15, 0.2) is 6.29 Å². The fraction of sp³-hybridized carbons (Fsp3) is 0.708. The van der Waals surface area contributed by atoms with Gasteiger partial charge in [-0.15, -0.1) is 0 Å². The predicted octanol–water partition coefficient (Wildman–Crippen LogP) is 5.27. The Morgan fingerprint density at radius 2 is 1.90 bits per heavy atom. The third-order valence-electron chi connectivity index (χ3n) is 6.12. The molecule has 0 aromatic heterocycles. The lowest BCUT2D eigenvalue weighted by Gasteiger charge is -2.30. The van der Waals surface area contributed by atoms with E-state index in [2.05, 4.69) is 55.1 Å². The van der Waals surface area contributed by atoms with Crippen molar-refractivity contribution in [3.63, 3.8) is 0 Å². The van der Waals surface area contributed by atoms with Gasteiger partial charge in [-0.1, -0.05) is 50.2 Å². The standard InChI is InChI=1S/C24H38N2O3/c1-24(2,3)20-11-9-19(10-12-20)22(29-23-8-4-5-18-28-23)7-6-15-26-16-13-21(25-27)14-17-26/h9-12,22-23,27H,4-8,13-18H2,1-3H3. The summed E-state index contributed by atoms with van der Waals surface area (Å²) < 4.78 is 12.3. The highest BCUT2D eigenvalue weighted by molar-refractivity contribution is 5.84. The molecule has 2 aliphatic rings. The molecule has 29 heavy (non-hydrogen) atoms. The summed E-state index contributed by atoms with van der Waals surface area (Å²) in [7, 11) is 0. The molecule has 5 nitrogen and oxygen atoms in total. The molecule has 1 aromatic rings. The van der Waals surface area contributed by atoms with E-state index >= 15 is 0 Å². The van der Waals surface area contributed by atoms with Gasteiger partial charge in [0.05, 0.1) is 11.8 Å². The Labute approximate surface area is 176 Å². The van der Waals surface area contributed by atoms with Gasteiger partial charge in [-0.2, -0.15) is 0 Å². The van der Waals surface area contributed by atoms with Gasteiger partial charge in [0.1, 0.15) is 0 Å². The van der Waals surface area contributed by atoms with Crippen LogP contribution in [0.5, 0.6) is 0 Å². The molecule has 2 unspecified atom stereocenters. The van der Waals surface area contributed by atoms with Crippen LogP contribution in [0, 0.1) is 0 Å². The summed E-state index contributed by atoms with van der Waals surface area (Å²) in [5.41, 5.74) is 3.69. The van der Waals surface area contributed by atoms with Crippen LogP contribution in [0.3, 0.4) is 0 Å². The summed E-state index contributed by atoms with van der Waals surface area (Å²) >= 11 is 0. The molecule has 2 aliphatic heterocycles. The zero-order valence-corrected chi connectivity index (χ0v) is 18.4. The number of hydrogen-bond acceptors (Lipinski definition) is 5. The number of hydrogen-bond donors (Lipinski definition) is 1. The number of nitrogens with zero attached hydrogens (tertiary/aromatic N) is 2. The van der Waals surface area contributed by atoms with E-state index in [4.69, 9.17) is 14.7 Å². The van der Waals surface area contributed by atoms with Gasteiger partial charge >= 0.3 is 0 Å². The van der Waals surface area contributed by atoms with E-state index < -0.39 is 0 Å². The number of ether oxygens (including phenoxy) is 2. The molecular formula is C24H38N2O3. The molecule has 5 heteroatoms. The maximum Gasteiger partial charge on any atom is 0.158 e. The van der Waals surface area contributed by atoms with Crippen molar-refractivity contribution in [2.45, 2.75) is 83.5 Å². The third-order valence-corrected chi connectivity index (χ3v) is 6.12. The van der Waals surface area contributed by atoms with Crippen molar-refractivity contribution >= 4 is 5.71 Å². The molecule has 3 rings (SSSR count). The van der Waals surface area contributed by atoms with Crippen molar-refractivity contribution in [3.8, 4) is 0 Å². The topological polar surface area (TPSA) is 54.3 Å². The molecule has 2 atom stereocenters. The average Bonchev–Trinajstić information content (AvgIpc) is 2.74. The number of oxime groups is 1. The van der Waals surface area contributed by atoms with Gasteiger partial charge in [-0.05, 0) is 55.2 Å². The van der Waals surface area contributed by atoms with Crippen LogP contribution in [-0.4, -0.2) is 48.4 Å². The van der Waals surface area contributed by atoms with Crippen LogP contribution in [0.4, 0.5) is 0 Å². The maximum atomic E-state index is 8.92. The van der Waals surface area contributed by atoms with Gasteiger partial charge in [0.2, 0.25) is 0 Å². The predicted molar refractivity (Wildman–Crippen MR) is 117 cm³/mol. The number of likely N-dealkylation sites (tertiary alicyclic amines) is 1. The second-order valence-corrected chi connectivity index (χ2v) is 9.44. The Kier molecular flexibility index (Phi) is 8.10. The molecule has 0 spiro atoms. The van der Waals surface area contributed by atoms with Crippen molar-refractivity contribution in [1.82, 2.24) is 4.90 Å². The molecule has 0 aliphatic carbocycles. The first-order valence-corrected chi connectivity index (χ1v) is 11.3. The molecule has 1 N–H and O–H groups in total. The Morgan fingerprint density at radius 1 is 1.17 bits per heavy atom. The van der Waals surface area contributed by atoms with Crippen LogP contribution < -0.4 is 0 Å². The van der Waals surface area contributed by atoms with Crippen LogP contribution in [0.2, 0.25) is 0 Å². The minimum Gasteiger partial charge on any atom is -0.411 e. The van der Waals surface area contributed by atoms with Crippen molar-refractivity contribution in [1.29, 1.82) is 0 Å². The zero-order valence-electron chi connectivity index (χ0n) is 18.4. The first-order chi connectivity index (χ1) is 14.0. The van der Waals surface area contributed by atoms with Crippen LogP contribution in [-0.2, 0) is 14.9 Å². The molecule has 0 saturated carbocycles. The smallest absolute Gasteiger partial charge is 0.158 e. The number of piperidine rings is 1. The fourth-order valence-electron chi connectivity index (χ4n) is 4.15. The van der Waals surface area contributed by atoms with Gasteiger partial charge in [0, 0.05) is 32.5 Å². The lowest BCUT2D eigenvalue weighted by atomic mass is 9.86. The highest BCUT2D eigenvalue weighted by Crippen LogP contribution is 2.30. The Hall–Kier alpha value is -1.43. The lowest BCUT2D eigenvalue weighted by molar-refractivity contribution is -0.191. The highest BCUT2D eigenvalue weighted by atomic mass is 16.7. The summed E-state index contributed by atoms with van der Waals surface area (Å²) in [6, 6.07) is 8.96. The van der Waals surface area contributed by atoms with Gasteiger partial charge in [-0.25, -0.2) is 0 Å². The van der Waals surface area contributed by atoms with E-state index in [1.54, 1.807) is 0 Å². The zero-order chi connectivity index (χ0) is 20.7. The summed E-state index contributed by atoms with van der Waals surface area (Å²) in [5.74, 6) is 0. The Morgan fingerprint density at radius 3 is 2.48 bits per heavy atom. The second kappa shape index (κ2) is 10.6. The lowest BCUT2D eigenvalue weighted by Crippen LogP contribution is -2.34. The Balaban J connectivity index is 1.58. The molecule has 2 fully saturated rings. The van der Waals surface area contributed by atoms with Gasteiger partial charge in [-0.3, -0.25) is 0 Å². The summed E-state index contributed by atoms with van der Waals surface area (Å²) in [6.07, 6.45) is 7.14. The molecule has 2 heterocycles. The van der Waals surface area contributed by atoms with E-state index in [-0.39, 0.29) is 17.8 Å². The monoisotopic (exact) mass is 402 g/mol. The SMILES string of the molecule is CC(C)(C)c1ccc(C(CCCN2CCC(=NO)CC2)OC2CCCCO2)cc1. The largest absolute Gasteiger partial charge is 0.411 e. The first kappa shape index (κ1) is 22.3. The van der Waals surface area contributed by atoms with Gasteiger partial charge in [0.25, 0.3) is 0 Å². The summed E-state index contributed by atoms with van der Waals surface area (Å²) in [6.45, 7) is 10.6. The molecule has 1 aromatic carbocycles. The molecule has 0 radical (unpaired) electrons. The molecule has 0 bridgehead atoms. The minimum atomic E-state index is -0.0747. The number of rotatable bonds is 7. The first-order valence-electron chi connectivity index (χ1n) is 11.3. The minimum absolute atomic E-state index is 0.0747. The Bertz CT molecular complexity index is 635. The van der Waals surface area contributed by atoms with E-state index in [1.165, 1.54) is 17.5 Å². The third kappa shape index (κ3) is 6.80. The second-order valence-electron chi connectivity index (χ2n) is 9.44. The average molecular weight is 403 g/mol. The summed E-state index contributed by atoms with van der Waals surface area (Å²) in [5, 5.41) is 12.3.